The van der Waals surface area contributed by atoms with Crippen molar-refractivity contribution in [3.63, 3.8) is 0 Å². The van der Waals surface area contributed by atoms with Crippen molar-refractivity contribution in [2.24, 2.45) is 11.5 Å². The first kappa shape index (κ1) is 10.8. The van der Waals surface area contributed by atoms with E-state index in [1.54, 1.807) is 12.1 Å². The van der Waals surface area contributed by atoms with E-state index in [1.165, 1.54) is 6.07 Å². The standard InChI is InChI=1S/C9H12N4O2/c10-7(14)4-13-6-3-1-2-5(8(6)11)9(12)15/h1-3,13H,4,11H2,(H2,10,14)(H2,12,15). The maximum absolute atomic E-state index is 10.9. The predicted molar refractivity (Wildman–Crippen MR) is 57.1 cm³/mol. The SMILES string of the molecule is NC(=O)CNc1cccc(C(N)=O)c1N. The van der Waals surface area contributed by atoms with E-state index in [0.29, 0.717) is 5.69 Å². The summed E-state index contributed by atoms with van der Waals surface area (Å²) < 4.78 is 0. The van der Waals surface area contributed by atoms with Gasteiger partial charge >= 0.3 is 0 Å². The fraction of sp³-hybridized carbons (Fsp3) is 0.111. The molecule has 1 rings (SSSR count). The van der Waals surface area contributed by atoms with E-state index in [1.807, 2.05) is 0 Å². The Hall–Kier alpha value is -2.24. The summed E-state index contributed by atoms with van der Waals surface area (Å²) in [6.45, 7) is -0.0492. The Morgan fingerprint density at radius 2 is 1.93 bits per heavy atom. The molecule has 0 fully saturated rings. The van der Waals surface area contributed by atoms with Gasteiger partial charge in [0.2, 0.25) is 5.91 Å². The van der Waals surface area contributed by atoms with Gasteiger partial charge in [0.05, 0.1) is 23.5 Å². The summed E-state index contributed by atoms with van der Waals surface area (Å²) in [6, 6.07) is 4.75. The molecule has 0 aromatic heterocycles. The molecule has 2 amide bonds. The average Bonchev–Trinajstić information content (AvgIpc) is 2.15. The number of benzene rings is 1. The molecule has 0 aliphatic carbocycles. The number of nitrogens with two attached hydrogens (primary N) is 3. The molecule has 0 heterocycles. The zero-order valence-corrected chi connectivity index (χ0v) is 7.99. The number of para-hydroxylation sites is 1. The molecule has 0 aliphatic heterocycles. The Morgan fingerprint density at radius 1 is 1.27 bits per heavy atom. The molecule has 80 valence electrons. The molecular formula is C9H12N4O2. The van der Waals surface area contributed by atoms with Crippen LogP contribution in [0, 0.1) is 0 Å². The predicted octanol–water partition coefficient (Wildman–Crippen LogP) is -0.735. The topological polar surface area (TPSA) is 124 Å². The summed E-state index contributed by atoms with van der Waals surface area (Å²) in [6.07, 6.45) is 0. The van der Waals surface area contributed by atoms with Crippen LogP contribution in [0.1, 0.15) is 10.4 Å². The third-order valence-corrected chi connectivity index (χ3v) is 1.82. The Labute approximate surface area is 86.4 Å². The van der Waals surface area contributed by atoms with E-state index >= 15 is 0 Å². The number of nitrogens with one attached hydrogen (secondary N) is 1. The first-order chi connectivity index (χ1) is 7.02. The molecule has 0 aliphatic rings. The van der Waals surface area contributed by atoms with Gasteiger partial charge in [-0.15, -0.1) is 0 Å². The fourth-order valence-electron chi connectivity index (χ4n) is 1.12. The fourth-order valence-corrected chi connectivity index (χ4v) is 1.12. The Bertz CT molecular complexity index is 403. The third-order valence-electron chi connectivity index (χ3n) is 1.82. The van der Waals surface area contributed by atoms with Crippen LogP contribution in [0.25, 0.3) is 0 Å². The van der Waals surface area contributed by atoms with Crippen LogP contribution in [-0.2, 0) is 4.79 Å². The van der Waals surface area contributed by atoms with Gasteiger partial charge in [-0.05, 0) is 12.1 Å². The van der Waals surface area contributed by atoms with Crippen LogP contribution < -0.4 is 22.5 Å². The van der Waals surface area contributed by atoms with Gasteiger partial charge in [-0.2, -0.15) is 0 Å². The minimum Gasteiger partial charge on any atom is -0.396 e. The van der Waals surface area contributed by atoms with Gasteiger partial charge in [0.1, 0.15) is 0 Å². The molecule has 0 radical (unpaired) electrons. The maximum atomic E-state index is 10.9. The number of carbonyl (C=O) groups excluding carboxylic acids is 2. The normalized spacial score (nSPS) is 9.60. The van der Waals surface area contributed by atoms with Crippen LogP contribution >= 0.6 is 0 Å². The monoisotopic (exact) mass is 208 g/mol. The van der Waals surface area contributed by atoms with Gasteiger partial charge in [0, 0.05) is 0 Å². The van der Waals surface area contributed by atoms with Crippen molar-refractivity contribution in [3.05, 3.63) is 23.8 Å². The molecule has 15 heavy (non-hydrogen) atoms. The maximum Gasteiger partial charge on any atom is 0.250 e. The highest BCUT2D eigenvalue weighted by Crippen LogP contribution is 2.21. The molecule has 0 saturated heterocycles. The number of nitrogen functional groups attached to an aromatic ring is 1. The zero-order valence-electron chi connectivity index (χ0n) is 7.99. The van der Waals surface area contributed by atoms with Crippen LogP contribution in [0.4, 0.5) is 11.4 Å². The first-order valence-electron chi connectivity index (χ1n) is 4.23. The average molecular weight is 208 g/mol. The van der Waals surface area contributed by atoms with Gasteiger partial charge in [-0.1, -0.05) is 6.07 Å². The Morgan fingerprint density at radius 3 is 2.47 bits per heavy atom. The van der Waals surface area contributed by atoms with Gasteiger partial charge in [-0.25, -0.2) is 0 Å². The molecule has 0 unspecified atom stereocenters. The molecule has 1 aromatic rings. The van der Waals surface area contributed by atoms with E-state index in [4.69, 9.17) is 17.2 Å². The summed E-state index contributed by atoms with van der Waals surface area (Å²) in [5.74, 6) is -1.13. The quantitative estimate of drug-likeness (QED) is 0.486. The number of carbonyl (C=O) groups is 2. The molecule has 6 heteroatoms. The number of rotatable bonds is 4. The highest BCUT2D eigenvalue weighted by atomic mass is 16.1. The van der Waals surface area contributed by atoms with Crippen molar-refractivity contribution < 1.29 is 9.59 Å². The second-order valence-electron chi connectivity index (χ2n) is 2.95. The number of hydrogen-bond acceptors (Lipinski definition) is 4. The van der Waals surface area contributed by atoms with Crippen LogP contribution in [0.15, 0.2) is 18.2 Å². The number of amides is 2. The van der Waals surface area contributed by atoms with Gasteiger partial charge < -0.3 is 22.5 Å². The van der Waals surface area contributed by atoms with Crippen LogP contribution in [-0.4, -0.2) is 18.4 Å². The molecule has 0 spiro atoms. The van der Waals surface area contributed by atoms with E-state index in [0.717, 1.165) is 0 Å². The van der Waals surface area contributed by atoms with E-state index in [-0.39, 0.29) is 17.8 Å². The van der Waals surface area contributed by atoms with Crippen molar-refractivity contribution in [2.45, 2.75) is 0 Å². The lowest BCUT2D eigenvalue weighted by Crippen LogP contribution is -2.23. The lowest BCUT2D eigenvalue weighted by Gasteiger charge is -2.09. The van der Waals surface area contributed by atoms with Crippen molar-refractivity contribution in [1.29, 1.82) is 0 Å². The van der Waals surface area contributed by atoms with Gasteiger partial charge in [0.15, 0.2) is 0 Å². The van der Waals surface area contributed by atoms with E-state index < -0.39 is 11.8 Å². The van der Waals surface area contributed by atoms with Gasteiger partial charge in [0.25, 0.3) is 5.91 Å². The van der Waals surface area contributed by atoms with Crippen LogP contribution in [0.5, 0.6) is 0 Å². The van der Waals surface area contributed by atoms with Crippen molar-refractivity contribution >= 4 is 23.2 Å². The zero-order chi connectivity index (χ0) is 11.4. The van der Waals surface area contributed by atoms with Crippen molar-refractivity contribution in [3.8, 4) is 0 Å². The minimum atomic E-state index is -0.616. The van der Waals surface area contributed by atoms with E-state index in [2.05, 4.69) is 5.32 Å². The molecule has 6 nitrogen and oxygen atoms in total. The second-order valence-corrected chi connectivity index (χ2v) is 2.95. The lowest BCUT2D eigenvalue weighted by atomic mass is 10.1. The summed E-state index contributed by atoms with van der Waals surface area (Å²) in [5.41, 5.74) is 16.6. The molecule has 7 N–H and O–H groups in total. The smallest absolute Gasteiger partial charge is 0.250 e. The summed E-state index contributed by atoms with van der Waals surface area (Å²) in [4.78, 5) is 21.5. The largest absolute Gasteiger partial charge is 0.396 e. The third kappa shape index (κ3) is 2.60. The van der Waals surface area contributed by atoms with E-state index in [9.17, 15) is 9.59 Å². The molecule has 1 aromatic carbocycles. The number of hydrogen-bond donors (Lipinski definition) is 4. The molecule has 0 bridgehead atoms. The lowest BCUT2D eigenvalue weighted by molar-refractivity contribution is -0.116. The highest BCUT2D eigenvalue weighted by Gasteiger charge is 2.09. The van der Waals surface area contributed by atoms with Crippen molar-refractivity contribution in [1.82, 2.24) is 0 Å². The van der Waals surface area contributed by atoms with Crippen LogP contribution in [0.2, 0.25) is 0 Å². The first-order valence-corrected chi connectivity index (χ1v) is 4.23. The Kier molecular flexibility index (Phi) is 3.12. The number of primary amides is 2. The minimum absolute atomic E-state index is 0.0492. The highest BCUT2D eigenvalue weighted by molar-refractivity contribution is 6.01. The number of anilines is 2. The van der Waals surface area contributed by atoms with Crippen LogP contribution in [0.3, 0.4) is 0 Å². The van der Waals surface area contributed by atoms with Crippen molar-refractivity contribution in [2.75, 3.05) is 17.6 Å². The Balaban J connectivity index is 2.94. The summed E-state index contributed by atoms with van der Waals surface area (Å²) in [7, 11) is 0. The summed E-state index contributed by atoms with van der Waals surface area (Å²) in [5, 5.41) is 2.70. The van der Waals surface area contributed by atoms with Gasteiger partial charge in [-0.3, -0.25) is 9.59 Å². The summed E-state index contributed by atoms with van der Waals surface area (Å²) >= 11 is 0. The molecular weight excluding hydrogens is 196 g/mol. The molecule has 0 saturated carbocycles. The second kappa shape index (κ2) is 4.32. The molecule has 0 atom stereocenters.